The lowest BCUT2D eigenvalue weighted by Crippen LogP contribution is -2.39. The molecule has 1 aliphatic heterocycles. The Morgan fingerprint density at radius 2 is 2.15 bits per heavy atom. The van der Waals surface area contributed by atoms with Gasteiger partial charge in [0, 0.05) is 13.1 Å². The Hall–Kier alpha value is -0.730. The summed E-state index contributed by atoms with van der Waals surface area (Å²) in [6, 6.07) is 5.83. The molecule has 0 unspecified atom stereocenters. The average molecular weight is 198 g/mol. The van der Waals surface area contributed by atoms with E-state index < -0.39 is 0 Å². The van der Waals surface area contributed by atoms with Gasteiger partial charge in [-0.3, -0.25) is 0 Å². The second-order valence-corrected chi connectivity index (χ2v) is 3.71. The molecule has 2 rings (SSSR count). The fourth-order valence-electron chi connectivity index (χ4n) is 1.20. The third-order valence-corrected chi connectivity index (χ3v) is 2.43. The Balaban J connectivity index is 2.10. The first-order valence-electron chi connectivity index (χ1n) is 4.45. The SMILES string of the molecule is Cc1ccc(ON2CCC2)c(Cl)c1. The van der Waals surface area contributed by atoms with Gasteiger partial charge in [0.05, 0.1) is 5.02 Å². The maximum absolute atomic E-state index is 6.00. The molecule has 0 radical (unpaired) electrons. The minimum absolute atomic E-state index is 0.687. The molecule has 3 heteroatoms. The summed E-state index contributed by atoms with van der Waals surface area (Å²) in [5.41, 5.74) is 1.15. The zero-order valence-electron chi connectivity index (χ0n) is 7.59. The van der Waals surface area contributed by atoms with Crippen molar-refractivity contribution in [2.45, 2.75) is 13.3 Å². The summed E-state index contributed by atoms with van der Waals surface area (Å²) in [5, 5.41) is 2.60. The maximum atomic E-state index is 6.00. The topological polar surface area (TPSA) is 12.5 Å². The number of hydroxylamine groups is 2. The van der Waals surface area contributed by atoms with E-state index in [0.717, 1.165) is 24.4 Å². The van der Waals surface area contributed by atoms with Crippen LogP contribution in [0.15, 0.2) is 18.2 Å². The normalized spacial score (nSPS) is 16.8. The van der Waals surface area contributed by atoms with Gasteiger partial charge in [-0.15, -0.1) is 5.06 Å². The highest BCUT2D eigenvalue weighted by Gasteiger charge is 2.16. The molecular formula is C10H12ClNO. The van der Waals surface area contributed by atoms with E-state index in [1.54, 1.807) is 0 Å². The van der Waals surface area contributed by atoms with Crippen molar-refractivity contribution >= 4 is 11.6 Å². The largest absolute Gasteiger partial charge is 0.404 e. The molecule has 1 fully saturated rings. The van der Waals surface area contributed by atoms with Crippen LogP contribution in [0, 0.1) is 6.92 Å². The molecule has 0 atom stereocenters. The number of halogens is 1. The summed E-state index contributed by atoms with van der Waals surface area (Å²) in [6.45, 7) is 4.02. The van der Waals surface area contributed by atoms with Gasteiger partial charge >= 0.3 is 0 Å². The van der Waals surface area contributed by atoms with Crippen LogP contribution in [-0.2, 0) is 0 Å². The van der Waals surface area contributed by atoms with Gasteiger partial charge < -0.3 is 4.84 Å². The van der Waals surface area contributed by atoms with E-state index in [9.17, 15) is 0 Å². The summed E-state index contributed by atoms with van der Waals surface area (Å²) in [6.07, 6.45) is 1.21. The van der Waals surface area contributed by atoms with Crippen LogP contribution >= 0.6 is 11.6 Å². The second-order valence-electron chi connectivity index (χ2n) is 3.31. The fraction of sp³-hybridized carbons (Fsp3) is 0.400. The van der Waals surface area contributed by atoms with Crippen molar-refractivity contribution in [2.75, 3.05) is 13.1 Å². The monoisotopic (exact) mass is 197 g/mol. The number of hydrogen-bond acceptors (Lipinski definition) is 2. The molecule has 0 aliphatic carbocycles. The zero-order chi connectivity index (χ0) is 9.26. The molecule has 2 nitrogen and oxygen atoms in total. The first kappa shape index (κ1) is 8.85. The van der Waals surface area contributed by atoms with E-state index in [1.807, 2.05) is 30.2 Å². The summed E-state index contributed by atoms with van der Waals surface area (Å²) < 4.78 is 0. The van der Waals surface area contributed by atoms with Gasteiger partial charge in [0.25, 0.3) is 0 Å². The summed E-state index contributed by atoms with van der Waals surface area (Å²) in [7, 11) is 0. The Kier molecular flexibility index (Phi) is 2.42. The molecule has 1 aliphatic rings. The van der Waals surface area contributed by atoms with E-state index in [4.69, 9.17) is 16.4 Å². The predicted octanol–water partition coefficient (Wildman–Crippen LogP) is 2.65. The first-order valence-corrected chi connectivity index (χ1v) is 4.82. The minimum atomic E-state index is 0.687. The van der Waals surface area contributed by atoms with Crippen molar-refractivity contribution in [2.24, 2.45) is 0 Å². The van der Waals surface area contributed by atoms with E-state index in [1.165, 1.54) is 6.42 Å². The molecule has 1 aromatic carbocycles. The Morgan fingerprint density at radius 1 is 1.38 bits per heavy atom. The van der Waals surface area contributed by atoms with Crippen molar-refractivity contribution in [1.29, 1.82) is 0 Å². The molecule has 0 saturated carbocycles. The van der Waals surface area contributed by atoms with Crippen molar-refractivity contribution in [1.82, 2.24) is 5.06 Å². The second kappa shape index (κ2) is 3.56. The third kappa shape index (κ3) is 1.95. The number of nitrogens with zero attached hydrogens (tertiary/aromatic N) is 1. The number of rotatable bonds is 2. The van der Waals surface area contributed by atoms with E-state index in [2.05, 4.69) is 0 Å². The molecule has 1 heterocycles. The highest BCUT2D eigenvalue weighted by atomic mass is 35.5. The van der Waals surface area contributed by atoms with Gasteiger partial charge in [0.2, 0.25) is 0 Å². The van der Waals surface area contributed by atoms with Gasteiger partial charge in [0.1, 0.15) is 0 Å². The molecule has 0 N–H and O–H groups in total. The molecule has 13 heavy (non-hydrogen) atoms. The summed E-state index contributed by atoms with van der Waals surface area (Å²) in [4.78, 5) is 5.54. The smallest absolute Gasteiger partial charge is 0.166 e. The van der Waals surface area contributed by atoms with Crippen molar-refractivity contribution in [3.63, 3.8) is 0 Å². The van der Waals surface area contributed by atoms with E-state index >= 15 is 0 Å². The van der Waals surface area contributed by atoms with Crippen molar-refractivity contribution in [3.8, 4) is 5.75 Å². The first-order chi connectivity index (χ1) is 6.25. The van der Waals surface area contributed by atoms with Crippen LogP contribution in [0.4, 0.5) is 0 Å². The van der Waals surface area contributed by atoms with Crippen LogP contribution < -0.4 is 4.84 Å². The molecule has 0 aromatic heterocycles. The number of benzene rings is 1. The standard InChI is InChI=1S/C10H12ClNO/c1-8-3-4-10(9(11)7-8)13-12-5-2-6-12/h3-4,7H,2,5-6H2,1H3. The Bertz CT molecular complexity index is 310. The number of hydrogen-bond donors (Lipinski definition) is 0. The third-order valence-electron chi connectivity index (χ3n) is 2.13. The van der Waals surface area contributed by atoms with Crippen molar-refractivity contribution in [3.05, 3.63) is 28.8 Å². The molecule has 1 aromatic rings. The maximum Gasteiger partial charge on any atom is 0.166 e. The van der Waals surface area contributed by atoms with Crippen LogP contribution in [0.1, 0.15) is 12.0 Å². The zero-order valence-corrected chi connectivity index (χ0v) is 8.34. The predicted molar refractivity (Wildman–Crippen MR) is 53.0 cm³/mol. The van der Waals surface area contributed by atoms with Crippen LogP contribution in [-0.4, -0.2) is 18.2 Å². The minimum Gasteiger partial charge on any atom is -0.404 e. The van der Waals surface area contributed by atoms with Gasteiger partial charge in [-0.1, -0.05) is 17.7 Å². The summed E-state index contributed by atoms with van der Waals surface area (Å²) >= 11 is 6.00. The number of aryl methyl sites for hydroxylation is 1. The lowest BCUT2D eigenvalue weighted by Gasteiger charge is -2.30. The highest BCUT2D eigenvalue weighted by molar-refractivity contribution is 6.32. The lowest BCUT2D eigenvalue weighted by molar-refractivity contribution is -0.107. The Morgan fingerprint density at radius 3 is 2.69 bits per heavy atom. The molecule has 0 amide bonds. The molecule has 1 saturated heterocycles. The van der Waals surface area contributed by atoms with Crippen LogP contribution in [0.3, 0.4) is 0 Å². The Labute approximate surface area is 83.0 Å². The molecule has 0 bridgehead atoms. The van der Waals surface area contributed by atoms with Gasteiger partial charge in [-0.25, -0.2) is 0 Å². The van der Waals surface area contributed by atoms with Crippen LogP contribution in [0.5, 0.6) is 5.75 Å². The average Bonchev–Trinajstić information content (AvgIpc) is 1.99. The summed E-state index contributed by atoms with van der Waals surface area (Å²) in [5.74, 6) is 0.756. The van der Waals surface area contributed by atoms with E-state index in [0.29, 0.717) is 5.02 Å². The fourth-order valence-corrected chi connectivity index (χ4v) is 1.47. The lowest BCUT2D eigenvalue weighted by atomic mass is 10.2. The van der Waals surface area contributed by atoms with E-state index in [-0.39, 0.29) is 0 Å². The molecular weight excluding hydrogens is 186 g/mol. The van der Waals surface area contributed by atoms with Gasteiger partial charge in [-0.05, 0) is 31.0 Å². The van der Waals surface area contributed by atoms with Crippen molar-refractivity contribution < 1.29 is 4.84 Å². The van der Waals surface area contributed by atoms with Gasteiger partial charge in [0.15, 0.2) is 5.75 Å². The van der Waals surface area contributed by atoms with Crippen LogP contribution in [0.25, 0.3) is 0 Å². The van der Waals surface area contributed by atoms with Gasteiger partial charge in [-0.2, -0.15) is 0 Å². The highest BCUT2D eigenvalue weighted by Crippen LogP contribution is 2.26. The van der Waals surface area contributed by atoms with Crippen LogP contribution in [0.2, 0.25) is 5.02 Å². The quantitative estimate of drug-likeness (QED) is 0.723. The molecule has 0 spiro atoms. The molecule has 70 valence electrons.